The maximum Gasteiger partial charge on any atom is 0.306 e. The predicted molar refractivity (Wildman–Crippen MR) is 297 cm³/mol. The van der Waals surface area contributed by atoms with Crippen molar-refractivity contribution in [3.05, 3.63) is 109 Å². The number of allylic oxidation sites excluding steroid dienone is 18. The second-order valence-corrected chi connectivity index (χ2v) is 18.5. The Morgan fingerprint density at radius 3 is 0.870 bits per heavy atom. The first-order chi connectivity index (χ1) is 34.0. The summed E-state index contributed by atoms with van der Waals surface area (Å²) in [6.07, 6.45) is 76.4. The molecule has 0 saturated heterocycles. The van der Waals surface area contributed by atoms with Crippen molar-refractivity contribution in [2.75, 3.05) is 13.2 Å². The van der Waals surface area contributed by atoms with E-state index in [2.05, 4.69) is 130 Å². The van der Waals surface area contributed by atoms with Gasteiger partial charge in [0.2, 0.25) is 0 Å². The lowest BCUT2D eigenvalue weighted by molar-refractivity contribution is -0.167. The Hall–Kier alpha value is -3.93. The van der Waals surface area contributed by atoms with E-state index in [1.807, 2.05) is 0 Å². The summed E-state index contributed by atoms with van der Waals surface area (Å²) in [4.78, 5) is 38.1. The molecule has 0 aliphatic heterocycles. The number of ether oxygens (including phenoxy) is 3. The number of hydrogen-bond acceptors (Lipinski definition) is 6. The van der Waals surface area contributed by atoms with E-state index in [9.17, 15) is 14.4 Å². The Morgan fingerprint density at radius 2 is 0.522 bits per heavy atom. The lowest BCUT2D eigenvalue weighted by Gasteiger charge is -2.18. The Bertz CT molecular complexity index is 1340. The monoisotopic (exact) mass is 957 g/mol. The van der Waals surface area contributed by atoms with Crippen molar-refractivity contribution in [3.63, 3.8) is 0 Å². The Kier molecular flexibility index (Phi) is 53.4. The van der Waals surface area contributed by atoms with Gasteiger partial charge in [-0.2, -0.15) is 0 Å². The molecule has 0 fully saturated rings. The van der Waals surface area contributed by atoms with Crippen molar-refractivity contribution in [1.29, 1.82) is 0 Å². The fraction of sp³-hybridized carbons (Fsp3) is 0.667. The minimum absolute atomic E-state index is 0.110. The number of hydrogen-bond donors (Lipinski definition) is 0. The molecular formula is C63H104O6. The minimum Gasteiger partial charge on any atom is -0.462 e. The highest BCUT2D eigenvalue weighted by Gasteiger charge is 2.19. The highest BCUT2D eigenvalue weighted by molar-refractivity contribution is 5.71. The van der Waals surface area contributed by atoms with E-state index in [1.165, 1.54) is 89.9 Å². The van der Waals surface area contributed by atoms with Crippen LogP contribution in [-0.2, 0) is 28.6 Å². The normalized spacial score (nSPS) is 12.5. The lowest BCUT2D eigenvalue weighted by Crippen LogP contribution is -2.30. The van der Waals surface area contributed by atoms with Gasteiger partial charge in [0.15, 0.2) is 6.10 Å². The average molecular weight is 958 g/mol. The molecular weight excluding hydrogens is 853 g/mol. The molecule has 6 nitrogen and oxygen atoms in total. The van der Waals surface area contributed by atoms with Crippen molar-refractivity contribution < 1.29 is 28.6 Å². The Labute approximate surface area is 425 Å². The molecule has 0 aliphatic carbocycles. The van der Waals surface area contributed by atoms with Gasteiger partial charge in [0.1, 0.15) is 13.2 Å². The molecule has 0 heterocycles. The molecule has 0 amide bonds. The van der Waals surface area contributed by atoms with Crippen molar-refractivity contribution in [2.45, 2.75) is 258 Å². The summed E-state index contributed by atoms with van der Waals surface area (Å²) in [6, 6.07) is 0. The van der Waals surface area contributed by atoms with Gasteiger partial charge in [-0.3, -0.25) is 14.4 Å². The summed E-state index contributed by atoms with van der Waals surface area (Å²) >= 11 is 0. The molecule has 0 N–H and O–H groups in total. The second kappa shape index (κ2) is 56.7. The fourth-order valence-corrected chi connectivity index (χ4v) is 7.40. The molecule has 0 spiro atoms. The van der Waals surface area contributed by atoms with Crippen molar-refractivity contribution in [1.82, 2.24) is 0 Å². The van der Waals surface area contributed by atoms with Gasteiger partial charge in [0.05, 0.1) is 0 Å². The third kappa shape index (κ3) is 54.9. The maximum absolute atomic E-state index is 12.8. The van der Waals surface area contributed by atoms with E-state index in [0.717, 1.165) is 122 Å². The number of carbonyl (C=O) groups excluding carboxylic acids is 3. The highest BCUT2D eigenvalue weighted by Crippen LogP contribution is 2.13. The van der Waals surface area contributed by atoms with Crippen LogP contribution in [0.1, 0.15) is 252 Å². The molecule has 0 aromatic heterocycles. The summed E-state index contributed by atoms with van der Waals surface area (Å²) < 4.78 is 16.8. The third-order valence-corrected chi connectivity index (χ3v) is 11.7. The lowest BCUT2D eigenvalue weighted by atomic mass is 10.1. The zero-order valence-electron chi connectivity index (χ0n) is 44.8. The van der Waals surface area contributed by atoms with Crippen LogP contribution in [0.4, 0.5) is 0 Å². The van der Waals surface area contributed by atoms with Crippen molar-refractivity contribution >= 4 is 17.9 Å². The molecule has 0 unspecified atom stereocenters. The predicted octanol–water partition coefficient (Wildman–Crippen LogP) is 19.1. The van der Waals surface area contributed by atoms with Crippen LogP contribution in [-0.4, -0.2) is 37.2 Å². The number of unbranched alkanes of at least 4 members (excludes halogenated alkanes) is 21. The average Bonchev–Trinajstić information content (AvgIpc) is 3.35. The van der Waals surface area contributed by atoms with Crippen LogP contribution in [0.15, 0.2) is 109 Å². The van der Waals surface area contributed by atoms with Gasteiger partial charge in [-0.05, 0) is 135 Å². The van der Waals surface area contributed by atoms with E-state index in [0.29, 0.717) is 19.3 Å². The van der Waals surface area contributed by atoms with Gasteiger partial charge >= 0.3 is 17.9 Å². The van der Waals surface area contributed by atoms with E-state index < -0.39 is 6.10 Å². The molecule has 0 aliphatic rings. The van der Waals surface area contributed by atoms with Crippen LogP contribution in [0.2, 0.25) is 0 Å². The van der Waals surface area contributed by atoms with Gasteiger partial charge in [0, 0.05) is 19.3 Å². The molecule has 0 aromatic rings. The molecule has 0 saturated carbocycles. The largest absolute Gasteiger partial charge is 0.462 e. The summed E-state index contributed by atoms with van der Waals surface area (Å²) in [5.41, 5.74) is 0. The van der Waals surface area contributed by atoms with Crippen LogP contribution < -0.4 is 0 Å². The van der Waals surface area contributed by atoms with Crippen LogP contribution in [0, 0.1) is 0 Å². The SMILES string of the molecule is CCCCC/C=C\C/C=C\C/C=C\C/C=C\CCCCCC(=O)OCC(COC(=O)CCCCC/C=C\C/C=C\C/C=C\C/C=C\CCCCC)OC(=O)CCCCCCC/C=C\CCCCCC. The maximum atomic E-state index is 12.8. The van der Waals surface area contributed by atoms with Crippen LogP contribution >= 0.6 is 0 Å². The van der Waals surface area contributed by atoms with Crippen molar-refractivity contribution in [3.8, 4) is 0 Å². The molecule has 0 rings (SSSR count). The van der Waals surface area contributed by atoms with E-state index in [1.54, 1.807) is 0 Å². The Morgan fingerprint density at radius 1 is 0.290 bits per heavy atom. The molecule has 0 radical (unpaired) electrons. The second-order valence-electron chi connectivity index (χ2n) is 18.5. The van der Waals surface area contributed by atoms with Gasteiger partial charge in [-0.25, -0.2) is 0 Å². The molecule has 392 valence electrons. The van der Waals surface area contributed by atoms with Gasteiger partial charge in [0.25, 0.3) is 0 Å². The smallest absolute Gasteiger partial charge is 0.306 e. The molecule has 69 heavy (non-hydrogen) atoms. The minimum atomic E-state index is -0.811. The molecule has 0 atom stereocenters. The van der Waals surface area contributed by atoms with Crippen LogP contribution in [0.5, 0.6) is 0 Å². The number of rotatable bonds is 50. The molecule has 0 aromatic carbocycles. The number of carbonyl (C=O) groups is 3. The summed E-state index contributed by atoms with van der Waals surface area (Å²) in [5.74, 6) is -0.979. The topological polar surface area (TPSA) is 78.9 Å². The van der Waals surface area contributed by atoms with E-state index in [4.69, 9.17) is 14.2 Å². The number of esters is 3. The van der Waals surface area contributed by atoms with Gasteiger partial charge in [-0.1, -0.05) is 207 Å². The van der Waals surface area contributed by atoms with E-state index >= 15 is 0 Å². The zero-order valence-corrected chi connectivity index (χ0v) is 44.8. The van der Waals surface area contributed by atoms with Crippen molar-refractivity contribution in [2.24, 2.45) is 0 Å². The summed E-state index contributed by atoms with van der Waals surface area (Å²) in [5, 5.41) is 0. The first kappa shape index (κ1) is 65.1. The summed E-state index contributed by atoms with van der Waals surface area (Å²) in [7, 11) is 0. The quantitative estimate of drug-likeness (QED) is 0.0262. The van der Waals surface area contributed by atoms with Gasteiger partial charge < -0.3 is 14.2 Å². The third-order valence-electron chi connectivity index (χ3n) is 11.7. The first-order valence-electron chi connectivity index (χ1n) is 28.4. The fourth-order valence-electron chi connectivity index (χ4n) is 7.40. The Balaban J connectivity index is 4.50. The molecule has 0 bridgehead atoms. The van der Waals surface area contributed by atoms with Crippen LogP contribution in [0.25, 0.3) is 0 Å². The van der Waals surface area contributed by atoms with Crippen LogP contribution in [0.3, 0.4) is 0 Å². The summed E-state index contributed by atoms with van der Waals surface area (Å²) in [6.45, 7) is 6.50. The first-order valence-corrected chi connectivity index (χ1v) is 28.4. The highest BCUT2D eigenvalue weighted by atomic mass is 16.6. The standard InChI is InChI=1S/C63H104O6/c1-4-7-10-13-16-19-22-25-27-29-31-33-35-38-40-43-46-49-52-55-61(64)67-58-60(69-63(66)57-54-51-48-45-42-37-24-21-18-15-12-9-6-3)59-68-62(65)56-53-50-47-44-41-39-36-34-32-30-28-26-23-20-17-14-11-8-5-2/h16-17,19-21,24-28,31-34,38-41,60H,4-15,18,22-23,29-30,35-37,42-59H2,1-3H3/b19-16-,20-17-,24-21-,27-25-,28-26-,33-31-,34-32-,40-38-,41-39-. The van der Waals surface area contributed by atoms with E-state index in [-0.39, 0.29) is 31.1 Å². The van der Waals surface area contributed by atoms with Gasteiger partial charge in [-0.15, -0.1) is 0 Å². The molecule has 6 heteroatoms. The zero-order chi connectivity index (χ0) is 50.0.